The van der Waals surface area contributed by atoms with Gasteiger partial charge in [0, 0.05) is 39.1 Å². The van der Waals surface area contributed by atoms with Crippen molar-refractivity contribution in [3.05, 3.63) is 53.7 Å². The minimum absolute atomic E-state index is 0.240. The molecule has 1 aliphatic rings. The molecule has 0 spiro atoms. The summed E-state index contributed by atoms with van der Waals surface area (Å²) < 4.78 is 59.2. The number of furan rings is 1. The minimum Gasteiger partial charge on any atom is -0.463 e. The summed E-state index contributed by atoms with van der Waals surface area (Å²) in [5, 5.41) is 12.6. The molecule has 2 heterocycles. The Labute approximate surface area is 171 Å². The third-order valence-corrected chi connectivity index (χ3v) is 5.14. The summed E-state index contributed by atoms with van der Waals surface area (Å²) in [6.07, 6.45) is -5.75. The van der Waals surface area contributed by atoms with Crippen LogP contribution >= 0.6 is 0 Å². The average Bonchev–Trinajstić information content (AvgIpc) is 3.14. The van der Waals surface area contributed by atoms with Crippen LogP contribution in [-0.2, 0) is 5.60 Å². The molecule has 30 heavy (non-hydrogen) atoms. The predicted molar refractivity (Wildman–Crippen MR) is 102 cm³/mol. The first-order valence-corrected chi connectivity index (χ1v) is 9.50. The Hall–Kier alpha value is -2.75. The topological polar surface area (TPSA) is 69.0 Å². The number of hydrogen-bond acceptors (Lipinski definition) is 4. The number of carbonyl (C=O) groups excluding carboxylic acids is 1. The second-order valence-electron chi connectivity index (χ2n) is 7.18. The number of para-hydroxylation sites is 1. The molecule has 3 rings (SSSR count). The van der Waals surface area contributed by atoms with E-state index in [1.165, 1.54) is 24.0 Å². The van der Waals surface area contributed by atoms with Gasteiger partial charge in [0.2, 0.25) is 5.60 Å². The summed E-state index contributed by atoms with van der Waals surface area (Å²) in [4.78, 5) is 15.6. The predicted octanol–water partition coefficient (Wildman–Crippen LogP) is 3.40. The third-order valence-electron chi connectivity index (χ3n) is 5.14. The van der Waals surface area contributed by atoms with Crippen LogP contribution in [0.3, 0.4) is 0 Å². The van der Waals surface area contributed by atoms with Crippen LogP contribution in [0.1, 0.15) is 17.9 Å². The average molecular weight is 429 g/mol. The van der Waals surface area contributed by atoms with Crippen molar-refractivity contribution in [3.63, 3.8) is 0 Å². The number of alkyl halides is 3. The molecule has 0 radical (unpaired) electrons. The molecule has 0 saturated carbocycles. The van der Waals surface area contributed by atoms with Crippen LogP contribution in [0.4, 0.5) is 28.0 Å². The number of amides is 2. The van der Waals surface area contributed by atoms with Crippen LogP contribution in [0.2, 0.25) is 0 Å². The fraction of sp³-hybridized carbons (Fsp3) is 0.450. The first-order chi connectivity index (χ1) is 14.1. The Morgan fingerprint density at radius 3 is 2.37 bits per heavy atom. The molecular formula is C20H23F4N3O3. The fourth-order valence-electron chi connectivity index (χ4n) is 3.38. The number of piperazine rings is 1. The highest BCUT2D eigenvalue weighted by Crippen LogP contribution is 2.42. The number of rotatable bonds is 5. The Morgan fingerprint density at radius 1 is 1.13 bits per heavy atom. The number of nitrogens with one attached hydrogen (secondary N) is 1. The first-order valence-electron chi connectivity index (χ1n) is 9.50. The van der Waals surface area contributed by atoms with Crippen LogP contribution in [-0.4, -0.2) is 54.9 Å². The first kappa shape index (κ1) is 21.9. The summed E-state index contributed by atoms with van der Waals surface area (Å²) in [5.74, 6) is -0.723. The van der Waals surface area contributed by atoms with Crippen molar-refractivity contribution in [1.29, 1.82) is 0 Å². The number of urea groups is 1. The molecule has 1 aromatic carbocycles. The number of aliphatic hydroxyl groups is 1. The van der Waals surface area contributed by atoms with E-state index in [4.69, 9.17) is 4.42 Å². The number of carbonyl (C=O) groups is 1. The highest BCUT2D eigenvalue weighted by molar-refractivity contribution is 5.74. The molecule has 1 aliphatic heterocycles. The maximum atomic E-state index is 13.9. The van der Waals surface area contributed by atoms with Crippen molar-refractivity contribution < 1.29 is 31.9 Å². The van der Waals surface area contributed by atoms with Gasteiger partial charge < -0.3 is 24.6 Å². The van der Waals surface area contributed by atoms with Crippen molar-refractivity contribution in [2.24, 2.45) is 0 Å². The summed E-state index contributed by atoms with van der Waals surface area (Å²) in [6, 6.07) is 8.19. The van der Waals surface area contributed by atoms with Crippen molar-refractivity contribution in [2.45, 2.75) is 25.1 Å². The Kier molecular flexibility index (Phi) is 6.25. The third kappa shape index (κ3) is 4.53. The molecule has 0 bridgehead atoms. The zero-order valence-corrected chi connectivity index (χ0v) is 16.4. The van der Waals surface area contributed by atoms with E-state index in [-0.39, 0.29) is 11.6 Å². The van der Waals surface area contributed by atoms with E-state index >= 15 is 0 Å². The van der Waals surface area contributed by atoms with E-state index in [0.29, 0.717) is 31.9 Å². The zero-order chi connectivity index (χ0) is 21.9. The molecule has 1 saturated heterocycles. The van der Waals surface area contributed by atoms with Gasteiger partial charge in [-0.25, -0.2) is 9.18 Å². The molecule has 2 N–H and O–H groups in total. The van der Waals surface area contributed by atoms with Crippen molar-refractivity contribution >= 4 is 11.7 Å². The van der Waals surface area contributed by atoms with Gasteiger partial charge in [-0.1, -0.05) is 12.1 Å². The summed E-state index contributed by atoms with van der Waals surface area (Å²) in [6.45, 7) is 2.45. The molecule has 1 fully saturated rings. The van der Waals surface area contributed by atoms with E-state index in [1.54, 1.807) is 23.1 Å². The summed E-state index contributed by atoms with van der Waals surface area (Å²) >= 11 is 0. The lowest BCUT2D eigenvalue weighted by Gasteiger charge is -2.36. The quantitative estimate of drug-likeness (QED) is 0.715. The molecule has 164 valence electrons. The largest absolute Gasteiger partial charge is 0.463 e. The normalized spacial score (nSPS) is 17.0. The van der Waals surface area contributed by atoms with Gasteiger partial charge in [-0.3, -0.25) is 0 Å². The number of benzene rings is 1. The molecule has 6 nitrogen and oxygen atoms in total. The lowest BCUT2D eigenvalue weighted by atomic mass is 9.96. The van der Waals surface area contributed by atoms with Gasteiger partial charge in [0.05, 0.1) is 5.69 Å². The van der Waals surface area contributed by atoms with Crippen LogP contribution < -0.4 is 10.2 Å². The van der Waals surface area contributed by atoms with E-state index in [2.05, 4.69) is 5.32 Å². The molecule has 2 amide bonds. The minimum atomic E-state index is -4.96. The van der Waals surface area contributed by atoms with Gasteiger partial charge >= 0.3 is 12.2 Å². The smallest absolute Gasteiger partial charge is 0.424 e. The number of aryl methyl sites for hydroxylation is 1. The number of anilines is 1. The molecule has 1 aromatic heterocycles. The van der Waals surface area contributed by atoms with E-state index in [9.17, 15) is 27.5 Å². The van der Waals surface area contributed by atoms with Crippen LogP contribution in [0.5, 0.6) is 0 Å². The van der Waals surface area contributed by atoms with Crippen LogP contribution in [0.15, 0.2) is 40.8 Å². The van der Waals surface area contributed by atoms with Crippen molar-refractivity contribution in [1.82, 2.24) is 10.2 Å². The van der Waals surface area contributed by atoms with E-state index in [0.717, 1.165) is 6.07 Å². The lowest BCUT2D eigenvalue weighted by Crippen LogP contribution is -2.53. The Balaban J connectivity index is 1.54. The van der Waals surface area contributed by atoms with Gasteiger partial charge in [0.1, 0.15) is 17.3 Å². The molecule has 10 heteroatoms. The number of hydrogen-bond donors (Lipinski definition) is 2. The van der Waals surface area contributed by atoms with Gasteiger partial charge in [-0.05, 0) is 31.2 Å². The van der Waals surface area contributed by atoms with Gasteiger partial charge in [0.15, 0.2) is 0 Å². The summed E-state index contributed by atoms with van der Waals surface area (Å²) in [7, 11) is 0. The summed E-state index contributed by atoms with van der Waals surface area (Å²) in [5.41, 5.74) is -2.75. The van der Waals surface area contributed by atoms with Crippen LogP contribution in [0, 0.1) is 12.7 Å². The highest BCUT2D eigenvalue weighted by Gasteiger charge is 2.56. The zero-order valence-electron chi connectivity index (χ0n) is 16.4. The number of halogens is 4. The van der Waals surface area contributed by atoms with E-state index < -0.39 is 36.5 Å². The maximum absolute atomic E-state index is 13.9. The fourth-order valence-corrected chi connectivity index (χ4v) is 3.38. The molecule has 2 aromatic rings. The molecule has 1 atom stereocenters. The van der Waals surface area contributed by atoms with Gasteiger partial charge in [0.25, 0.3) is 0 Å². The van der Waals surface area contributed by atoms with Crippen LogP contribution in [0.25, 0.3) is 0 Å². The Morgan fingerprint density at radius 2 is 1.80 bits per heavy atom. The second-order valence-corrected chi connectivity index (χ2v) is 7.18. The van der Waals surface area contributed by atoms with Crippen molar-refractivity contribution in [3.8, 4) is 0 Å². The molecule has 0 aliphatic carbocycles. The van der Waals surface area contributed by atoms with E-state index in [1.807, 2.05) is 0 Å². The molecular weight excluding hydrogens is 406 g/mol. The lowest BCUT2D eigenvalue weighted by molar-refractivity contribution is -0.274. The SMILES string of the molecule is Cc1ccc([C@](O)(CCNC(=O)N2CCN(c3ccccc3F)CC2)C(F)(F)F)o1. The standard InChI is InChI=1S/C20H23F4N3O3/c1-14-6-7-17(30-14)19(29,20(22,23)24)8-9-25-18(28)27-12-10-26(11-13-27)16-5-3-2-4-15(16)21/h2-7,29H,8-13H2,1H3,(H,25,28)/t19-/m1/s1. The number of nitrogens with zero attached hydrogens (tertiary/aromatic N) is 2. The van der Waals surface area contributed by atoms with Gasteiger partial charge in [-0.15, -0.1) is 0 Å². The Bertz CT molecular complexity index is 878. The maximum Gasteiger partial charge on any atom is 0.424 e. The monoisotopic (exact) mass is 429 g/mol. The highest BCUT2D eigenvalue weighted by atomic mass is 19.4. The van der Waals surface area contributed by atoms with Crippen molar-refractivity contribution in [2.75, 3.05) is 37.6 Å². The second kappa shape index (κ2) is 8.55. The molecule has 0 unspecified atom stereocenters. The van der Waals surface area contributed by atoms with Gasteiger partial charge in [-0.2, -0.15) is 13.2 Å².